The Morgan fingerprint density at radius 3 is 2.50 bits per heavy atom. The molecule has 5 unspecified atom stereocenters. The first-order valence-corrected chi connectivity index (χ1v) is 8.09. The molecule has 0 aromatic heterocycles. The Balaban J connectivity index is 1.68. The molecule has 0 aromatic carbocycles. The Kier molecular flexibility index (Phi) is 3.95. The van der Waals surface area contributed by atoms with Gasteiger partial charge in [-0.25, -0.2) is 0 Å². The number of hydrogen-bond donors (Lipinski definition) is 1. The third-order valence-electron chi connectivity index (χ3n) is 5.60. The lowest BCUT2D eigenvalue weighted by Crippen LogP contribution is -2.49. The average Bonchev–Trinajstić information content (AvgIpc) is 3.00. The second-order valence-corrected chi connectivity index (χ2v) is 6.86. The lowest BCUT2D eigenvalue weighted by atomic mass is 9.80. The summed E-state index contributed by atoms with van der Waals surface area (Å²) >= 11 is 0. The van der Waals surface area contributed by atoms with Gasteiger partial charge in [-0.3, -0.25) is 0 Å². The molecule has 3 fully saturated rings. The van der Waals surface area contributed by atoms with E-state index in [-0.39, 0.29) is 0 Å². The van der Waals surface area contributed by atoms with Gasteiger partial charge in [0.2, 0.25) is 0 Å². The first-order valence-electron chi connectivity index (χ1n) is 8.09. The van der Waals surface area contributed by atoms with Gasteiger partial charge in [-0.15, -0.1) is 0 Å². The van der Waals surface area contributed by atoms with E-state index in [1.54, 1.807) is 0 Å². The maximum absolute atomic E-state index is 5.89. The highest BCUT2D eigenvalue weighted by molar-refractivity contribution is 5.01. The Labute approximate surface area is 112 Å². The van der Waals surface area contributed by atoms with Gasteiger partial charge >= 0.3 is 0 Å². The number of fused-ring (bicyclic) bond motifs is 2. The predicted octanol–water partition coefficient (Wildman–Crippen LogP) is 3.22. The van der Waals surface area contributed by atoms with Crippen LogP contribution in [0.1, 0.15) is 51.9 Å². The second kappa shape index (κ2) is 5.50. The summed E-state index contributed by atoms with van der Waals surface area (Å²) in [5, 5.41) is 3.84. The number of nitrogens with one attached hydrogen (secondary N) is 1. The van der Waals surface area contributed by atoms with Crippen LogP contribution < -0.4 is 5.32 Å². The van der Waals surface area contributed by atoms with Crippen molar-refractivity contribution in [3.05, 3.63) is 0 Å². The molecular weight excluding hydrogens is 222 g/mol. The van der Waals surface area contributed by atoms with Crippen LogP contribution in [0.3, 0.4) is 0 Å². The van der Waals surface area contributed by atoms with E-state index in [2.05, 4.69) is 12.2 Å². The highest BCUT2D eigenvalue weighted by atomic mass is 16.5. The van der Waals surface area contributed by atoms with Crippen LogP contribution in [0.25, 0.3) is 0 Å². The van der Waals surface area contributed by atoms with Gasteiger partial charge in [0.15, 0.2) is 0 Å². The van der Waals surface area contributed by atoms with Crippen molar-refractivity contribution in [3.8, 4) is 0 Å². The Morgan fingerprint density at radius 1 is 1.17 bits per heavy atom. The van der Waals surface area contributed by atoms with E-state index in [1.807, 2.05) is 7.11 Å². The Bertz CT molecular complexity index is 276. The van der Waals surface area contributed by atoms with Crippen LogP contribution in [0.2, 0.25) is 0 Å². The highest BCUT2D eigenvalue weighted by Crippen LogP contribution is 2.51. The Morgan fingerprint density at radius 2 is 2.00 bits per heavy atom. The van der Waals surface area contributed by atoms with Gasteiger partial charge in [0.25, 0.3) is 0 Å². The van der Waals surface area contributed by atoms with Gasteiger partial charge in [-0.05, 0) is 68.7 Å². The molecule has 3 aliphatic carbocycles. The lowest BCUT2D eigenvalue weighted by Gasteiger charge is -2.36. The SMILES string of the molecule is CCCNC(C1CC2CCC1C2)C(OC)C1CC1. The minimum Gasteiger partial charge on any atom is -0.380 e. The van der Waals surface area contributed by atoms with Gasteiger partial charge in [0.05, 0.1) is 6.10 Å². The molecule has 3 rings (SSSR count). The van der Waals surface area contributed by atoms with E-state index < -0.39 is 0 Å². The van der Waals surface area contributed by atoms with E-state index in [1.165, 1.54) is 44.9 Å². The fourth-order valence-electron chi connectivity index (χ4n) is 4.61. The van der Waals surface area contributed by atoms with Crippen LogP contribution in [0, 0.1) is 23.7 Å². The number of ether oxygens (including phenoxy) is 1. The van der Waals surface area contributed by atoms with Gasteiger partial charge in [0, 0.05) is 13.2 Å². The molecule has 0 aromatic rings. The van der Waals surface area contributed by atoms with Crippen molar-refractivity contribution >= 4 is 0 Å². The van der Waals surface area contributed by atoms with Gasteiger partial charge < -0.3 is 10.1 Å². The van der Waals surface area contributed by atoms with Crippen LogP contribution in [0.4, 0.5) is 0 Å². The quantitative estimate of drug-likeness (QED) is 0.750. The summed E-state index contributed by atoms with van der Waals surface area (Å²) in [6.07, 6.45) is 10.5. The van der Waals surface area contributed by atoms with E-state index >= 15 is 0 Å². The van der Waals surface area contributed by atoms with Crippen molar-refractivity contribution in [1.82, 2.24) is 5.32 Å². The molecule has 104 valence electrons. The summed E-state index contributed by atoms with van der Waals surface area (Å²) in [5.74, 6) is 3.80. The molecule has 5 atom stereocenters. The molecule has 2 nitrogen and oxygen atoms in total. The average molecular weight is 251 g/mol. The molecule has 0 saturated heterocycles. The third-order valence-corrected chi connectivity index (χ3v) is 5.60. The molecule has 3 aliphatic rings. The summed E-state index contributed by atoms with van der Waals surface area (Å²) in [5.41, 5.74) is 0. The summed E-state index contributed by atoms with van der Waals surface area (Å²) in [6, 6.07) is 0.637. The molecule has 0 radical (unpaired) electrons. The first-order chi connectivity index (χ1) is 8.83. The molecule has 2 heteroatoms. The number of methoxy groups -OCH3 is 1. The van der Waals surface area contributed by atoms with Crippen LogP contribution >= 0.6 is 0 Å². The third kappa shape index (κ3) is 2.46. The predicted molar refractivity (Wildman–Crippen MR) is 74.5 cm³/mol. The van der Waals surface area contributed by atoms with E-state index in [4.69, 9.17) is 4.74 Å². The Hall–Kier alpha value is -0.0800. The van der Waals surface area contributed by atoms with Crippen molar-refractivity contribution in [1.29, 1.82) is 0 Å². The van der Waals surface area contributed by atoms with Crippen LogP contribution in [0.5, 0.6) is 0 Å². The minimum absolute atomic E-state index is 0.487. The minimum atomic E-state index is 0.487. The first kappa shape index (κ1) is 12.9. The molecular formula is C16H29NO. The van der Waals surface area contributed by atoms with Gasteiger partial charge in [0.1, 0.15) is 0 Å². The topological polar surface area (TPSA) is 21.3 Å². The standard InChI is InChI=1S/C16H29NO/c1-3-8-17-15(16(18-2)12-6-7-12)14-10-11-4-5-13(14)9-11/h11-17H,3-10H2,1-2H3. The van der Waals surface area contributed by atoms with Gasteiger partial charge in [-0.2, -0.15) is 0 Å². The zero-order valence-corrected chi connectivity index (χ0v) is 12.0. The molecule has 0 heterocycles. The van der Waals surface area contributed by atoms with Crippen molar-refractivity contribution < 1.29 is 4.74 Å². The lowest BCUT2D eigenvalue weighted by molar-refractivity contribution is 0.0204. The van der Waals surface area contributed by atoms with Crippen LogP contribution in [-0.4, -0.2) is 25.8 Å². The molecule has 18 heavy (non-hydrogen) atoms. The van der Waals surface area contributed by atoms with E-state index in [0.29, 0.717) is 12.1 Å². The molecule has 3 saturated carbocycles. The summed E-state index contributed by atoms with van der Waals surface area (Å²) < 4.78 is 5.89. The van der Waals surface area contributed by atoms with E-state index in [0.717, 1.165) is 30.2 Å². The van der Waals surface area contributed by atoms with Crippen LogP contribution in [0.15, 0.2) is 0 Å². The second-order valence-electron chi connectivity index (χ2n) is 6.86. The van der Waals surface area contributed by atoms with Crippen molar-refractivity contribution in [3.63, 3.8) is 0 Å². The van der Waals surface area contributed by atoms with Crippen LogP contribution in [-0.2, 0) is 4.74 Å². The normalized spacial score (nSPS) is 38.0. The maximum Gasteiger partial charge on any atom is 0.0755 e. The molecule has 0 spiro atoms. The largest absolute Gasteiger partial charge is 0.380 e. The maximum atomic E-state index is 5.89. The highest BCUT2D eigenvalue weighted by Gasteiger charge is 2.48. The summed E-state index contributed by atoms with van der Waals surface area (Å²) in [7, 11) is 1.93. The zero-order chi connectivity index (χ0) is 12.5. The number of hydrogen-bond acceptors (Lipinski definition) is 2. The molecule has 0 aliphatic heterocycles. The van der Waals surface area contributed by atoms with Gasteiger partial charge in [-0.1, -0.05) is 13.3 Å². The molecule has 1 N–H and O–H groups in total. The molecule has 0 amide bonds. The smallest absolute Gasteiger partial charge is 0.0755 e. The summed E-state index contributed by atoms with van der Waals surface area (Å²) in [6.45, 7) is 3.43. The fraction of sp³-hybridized carbons (Fsp3) is 1.00. The van der Waals surface area contributed by atoms with E-state index in [9.17, 15) is 0 Å². The monoisotopic (exact) mass is 251 g/mol. The van der Waals surface area contributed by atoms with Crippen molar-refractivity contribution in [2.45, 2.75) is 64.0 Å². The molecule has 2 bridgehead atoms. The number of rotatable bonds is 7. The van der Waals surface area contributed by atoms with Crippen molar-refractivity contribution in [2.75, 3.05) is 13.7 Å². The fourth-order valence-corrected chi connectivity index (χ4v) is 4.61. The zero-order valence-electron chi connectivity index (χ0n) is 12.0. The summed E-state index contributed by atoms with van der Waals surface area (Å²) in [4.78, 5) is 0. The van der Waals surface area contributed by atoms with Crippen molar-refractivity contribution in [2.24, 2.45) is 23.7 Å².